The molecule has 0 bridgehead atoms. The Bertz CT molecular complexity index is 1880. The van der Waals surface area contributed by atoms with E-state index in [1.165, 1.54) is 35.3 Å². The van der Waals surface area contributed by atoms with E-state index in [0.717, 1.165) is 28.6 Å². The zero-order valence-electron chi connectivity index (χ0n) is 27.8. The molecule has 53 heavy (non-hydrogen) atoms. The van der Waals surface area contributed by atoms with E-state index in [2.05, 4.69) is 30.6 Å². The van der Waals surface area contributed by atoms with Gasteiger partial charge in [0.2, 0.25) is 5.91 Å². The molecule has 0 spiro atoms. The molecule has 18 nitrogen and oxygen atoms in total. The van der Waals surface area contributed by atoms with Crippen molar-refractivity contribution in [3.8, 4) is 28.5 Å². The molecule has 0 radical (unpaired) electrons. The number of hydrogen-bond acceptors (Lipinski definition) is 16. The van der Waals surface area contributed by atoms with E-state index in [9.17, 15) is 38.4 Å². The molecule has 3 aromatic heterocycles. The molecule has 22 heteroatoms. The van der Waals surface area contributed by atoms with Crippen LogP contribution in [0.15, 0.2) is 36.9 Å². The van der Waals surface area contributed by atoms with Crippen molar-refractivity contribution in [2.45, 2.75) is 53.3 Å². The highest BCUT2D eigenvalue weighted by atomic mass is 32.2. The molecule has 3 aliphatic heterocycles. The highest BCUT2D eigenvalue weighted by Gasteiger charge is 2.50. The number of halogens is 3. The quantitative estimate of drug-likeness (QED) is 0.139. The summed E-state index contributed by atoms with van der Waals surface area (Å²) in [6.07, 6.45) is 0.137. The number of hydrogen-bond donors (Lipinski definition) is 4. The maximum atomic E-state index is 14.1. The number of nitrogens with zero attached hydrogens (tertiary/aromatic N) is 9. The Morgan fingerprint density at radius 2 is 1.62 bits per heavy atom. The number of methoxy groups -OCH3 is 1. The van der Waals surface area contributed by atoms with Gasteiger partial charge in [0.25, 0.3) is 0 Å². The fraction of sp³-hybridized carbons (Fsp3) is 0.516. The van der Waals surface area contributed by atoms with Crippen molar-refractivity contribution in [2.75, 3.05) is 46.6 Å². The van der Waals surface area contributed by atoms with E-state index in [4.69, 9.17) is 18.9 Å². The zero-order valence-corrected chi connectivity index (χ0v) is 28.6. The highest BCUT2D eigenvalue weighted by molar-refractivity contribution is 8.00. The van der Waals surface area contributed by atoms with Crippen molar-refractivity contribution < 1.29 is 57.3 Å². The monoisotopic (exact) mass is 765 g/mol. The number of carbonyl (C=O) groups is 1. The van der Waals surface area contributed by atoms with Gasteiger partial charge in [0.1, 0.15) is 53.8 Å². The van der Waals surface area contributed by atoms with Crippen LogP contribution in [-0.4, -0.2) is 159 Å². The largest absolute Gasteiger partial charge is 0.467 e. The summed E-state index contributed by atoms with van der Waals surface area (Å²) in [6.45, 7) is -0.830. The van der Waals surface area contributed by atoms with E-state index in [-0.39, 0.29) is 43.6 Å². The van der Waals surface area contributed by atoms with Gasteiger partial charge < -0.3 is 44.3 Å². The Balaban J connectivity index is 1.15. The van der Waals surface area contributed by atoms with Gasteiger partial charge in [0.05, 0.1) is 56.8 Å². The molecule has 3 saturated heterocycles. The summed E-state index contributed by atoms with van der Waals surface area (Å²) in [5.41, 5.74) is -0.333. The topological polar surface area (TPSA) is 225 Å². The number of benzene rings is 1. The molecule has 4 N–H and O–H groups in total. The standard InChI is InChI=1S/C31H34F3N9O9S/c1-49-31-35-4-15(5-36-31)20-8-42(39-38-20)21-11-50-12-23(27(21)47)53-30-29(51-13-24(46)41-6-16(45)7-41)26(28(48)22(10-44)52-30)43-9-19(37-40-43)14-2-17(32)25(34)18(33)3-14/h2-5,8-9,16,21-23,26-30,44-45,47-48H,6-7,10-13H2,1H3. The van der Waals surface area contributed by atoms with Crippen LogP contribution in [0.1, 0.15) is 12.1 Å². The lowest BCUT2D eigenvalue weighted by atomic mass is 9.97. The molecular weight excluding hydrogens is 731 g/mol. The Morgan fingerprint density at radius 1 is 0.962 bits per heavy atom. The zero-order chi connectivity index (χ0) is 37.4. The van der Waals surface area contributed by atoms with Crippen molar-refractivity contribution in [1.29, 1.82) is 0 Å². The van der Waals surface area contributed by atoms with Gasteiger partial charge in [0, 0.05) is 36.6 Å². The van der Waals surface area contributed by atoms with E-state index in [0.29, 0.717) is 11.3 Å². The van der Waals surface area contributed by atoms with Crippen molar-refractivity contribution in [1.82, 2.24) is 44.9 Å². The van der Waals surface area contributed by atoms with E-state index in [1.54, 1.807) is 6.20 Å². The van der Waals surface area contributed by atoms with Crippen molar-refractivity contribution in [3.05, 3.63) is 54.4 Å². The third-order valence-corrected chi connectivity index (χ3v) is 10.6. The van der Waals surface area contributed by atoms with Crippen LogP contribution in [0.4, 0.5) is 13.2 Å². The van der Waals surface area contributed by atoms with Gasteiger partial charge in [-0.25, -0.2) is 32.5 Å². The van der Waals surface area contributed by atoms with Gasteiger partial charge in [-0.1, -0.05) is 10.4 Å². The van der Waals surface area contributed by atoms with Gasteiger partial charge in [0.15, 0.2) is 17.5 Å². The second-order valence-corrected chi connectivity index (χ2v) is 13.9. The smallest absolute Gasteiger partial charge is 0.316 e. The number of aromatic nitrogens is 8. The lowest BCUT2D eigenvalue weighted by molar-refractivity contribution is -0.197. The van der Waals surface area contributed by atoms with Crippen molar-refractivity contribution in [2.24, 2.45) is 0 Å². The first-order chi connectivity index (χ1) is 25.5. The van der Waals surface area contributed by atoms with Crippen LogP contribution in [0.5, 0.6) is 6.01 Å². The van der Waals surface area contributed by atoms with E-state index >= 15 is 0 Å². The van der Waals surface area contributed by atoms with E-state index in [1.807, 2.05) is 0 Å². The maximum Gasteiger partial charge on any atom is 0.316 e. The molecule has 4 aromatic rings. The fourth-order valence-electron chi connectivity index (χ4n) is 6.23. The summed E-state index contributed by atoms with van der Waals surface area (Å²) in [4.78, 5) is 22.5. The van der Waals surface area contributed by atoms with Crippen LogP contribution in [-0.2, 0) is 19.0 Å². The summed E-state index contributed by atoms with van der Waals surface area (Å²) < 4.78 is 67.5. The summed E-state index contributed by atoms with van der Waals surface area (Å²) >= 11 is 1.06. The van der Waals surface area contributed by atoms with Gasteiger partial charge in [-0.2, -0.15) is 0 Å². The van der Waals surface area contributed by atoms with Gasteiger partial charge >= 0.3 is 6.01 Å². The van der Waals surface area contributed by atoms with Crippen LogP contribution in [0.3, 0.4) is 0 Å². The number of carbonyl (C=O) groups excluding carboxylic acids is 1. The molecular formula is C31H34F3N9O9S. The highest BCUT2D eigenvalue weighted by Crippen LogP contribution is 2.41. The number of thioether (sulfide) groups is 1. The number of aliphatic hydroxyl groups excluding tert-OH is 4. The number of likely N-dealkylation sites (tertiary alicyclic amines) is 1. The van der Waals surface area contributed by atoms with Crippen LogP contribution in [0.25, 0.3) is 22.5 Å². The minimum absolute atomic E-state index is 0.0412. The first kappa shape index (κ1) is 37.0. The SMILES string of the molecule is COc1ncc(-c2cn(C3COCC(SC4OC(CO)C(O)C(n5cc(-c6cc(F)c(F)c(F)c6)nn5)C4OCC(=O)N4CC(O)C4)C3O)nn2)cn1. The molecule has 0 aliphatic carbocycles. The summed E-state index contributed by atoms with van der Waals surface area (Å²) in [7, 11) is 1.44. The van der Waals surface area contributed by atoms with Crippen molar-refractivity contribution >= 4 is 17.7 Å². The molecule has 1 amide bonds. The summed E-state index contributed by atoms with van der Waals surface area (Å²) in [5.74, 6) is -5.02. The van der Waals surface area contributed by atoms with Crippen LogP contribution < -0.4 is 4.74 Å². The van der Waals surface area contributed by atoms with Crippen LogP contribution in [0.2, 0.25) is 0 Å². The third kappa shape index (κ3) is 7.58. The molecule has 3 aliphatic rings. The van der Waals surface area contributed by atoms with Gasteiger partial charge in [-0.05, 0) is 12.1 Å². The summed E-state index contributed by atoms with van der Waals surface area (Å²) in [5, 5.41) is 58.7. The molecule has 8 atom stereocenters. The number of ether oxygens (including phenoxy) is 4. The Kier molecular flexibility index (Phi) is 10.9. The normalized spacial score (nSPS) is 27.8. The molecule has 284 valence electrons. The number of β-amino-alcohol motifs (C(OH)–C–C–N with tert-alkyl or cyclic N) is 1. The minimum Gasteiger partial charge on any atom is -0.467 e. The van der Waals surface area contributed by atoms with Crippen LogP contribution >= 0.6 is 11.8 Å². The number of aliphatic hydroxyl groups is 4. The fourth-order valence-corrected chi connectivity index (χ4v) is 7.69. The number of rotatable bonds is 11. The lowest BCUT2D eigenvalue weighted by Gasteiger charge is -2.46. The second-order valence-electron chi connectivity index (χ2n) is 12.6. The molecule has 6 heterocycles. The van der Waals surface area contributed by atoms with Crippen molar-refractivity contribution in [3.63, 3.8) is 0 Å². The summed E-state index contributed by atoms with van der Waals surface area (Å²) in [6, 6.07) is -0.283. The predicted molar refractivity (Wildman–Crippen MR) is 173 cm³/mol. The van der Waals surface area contributed by atoms with E-state index < -0.39 is 89.9 Å². The first-order valence-corrected chi connectivity index (χ1v) is 17.3. The third-order valence-electron chi connectivity index (χ3n) is 9.15. The maximum absolute atomic E-state index is 14.1. The number of amides is 1. The second kappa shape index (κ2) is 15.6. The molecule has 3 fully saturated rings. The predicted octanol–water partition coefficient (Wildman–Crippen LogP) is -0.639. The Morgan fingerprint density at radius 3 is 2.28 bits per heavy atom. The van der Waals surface area contributed by atoms with Crippen LogP contribution in [0, 0.1) is 17.5 Å². The Hall–Kier alpha value is -4.29. The van der Waals surface area contributed by atoms with Gasteiger partial charge in [-0.15, -0.1) is 22.0 Å². The minimum atomic E-state index is -1.66. The molecule has 8 unspecified atom stereocenters. The Labute approximate surface area is 302 Å². The van der Waals surface area contributed by atoms with Gasteiger partial charge in [-0.3, -0.25) is 4.79 Å². The first-order valence-electron chi connectivity index (χ1n) is 16.3. The molecule has 0 saturated carbocycles. The average Bonchev–Trinajstić information content (AvgIpc) is 3.84. The lowest BCUT2D eigenvalue weighted by Crippen LogP contribution is -2.58. The molecule has 1 aromatic carbocycles. The molecule has 7 rings (SSSR count). The average molecular weight is 766 g/mol.